The topological polar surface area (TPSA) is 129 Å². The van der Waals surface area contributed by atoms with Crippen molar-refractivity contribution in [3.05, 3.63) is 81.6 Å². The molecule has 1 aromatic heterocycles. The molecule has 3 aromatic rings. The molecule has 0 saturated carbocycles. The molecule has 2 aromatic carbocycles. The third-order valence-electron chi connectivity index (χ3n) is 4.19. The average molecular weight is 408 g/mol. The van der Waals surface area contributed by atoms with Gasteiger partial charge < -0.3 is 14.5 Å². The fraction of sp³-hybridized carbons (Fsp3) is 0.0952. The maximum atomic E-state index is 12.1. The van der Waals surface area contributed by atoms with E-state index in [4.69, 9.17) is 9.15 Å². The first-order valence-corrected chi connectivity index (χ1v) is 8.75. The van der Waals surface area contributed by atoms with Crippen LogP contribution in [0.3, 0.4) is 0 Å². The number of non-ortho nitro benzene ring substituents is 1. The van der Waals surface area contributed by atoms with Gasteiger partial charge in [0, 0.05) is 17.7 Å². The zero-order valence-corrected chi connectivity index (χ0v) is 15.8. The van der Waals surface area contributed by atoms with Crippen molar-refractivity contribution >= 4 is 29.5 Å². The lowest BCUT2D eigenvalue weighted by Gasteiger charge is -2.09. The third-order valence-corrected chi connectivity index (χ3v) is 4.19. The summed E-state index contributed by atoms with van der Waals surface area (Å²) in [6.45, 7) is 1.13. The summed E-state index contributed by atoms with van der Waals surface area (Å²) in [5, 5.41) is 13.3. The second kappa shape index (κ2) is 8.82. The molecule has 0 aliphatic heterocycles. The van der Waals surface area contributed by atoms with Crippen molar-refractivity contribution in [1.29, 1.82) is 0 Å². The number of carbonyl (C=O) groups excluding carboxylic acids is 3. The van der Waals surface area contributed by atoms with E-state index in [1.807, 2.05) is 0 Å². The largest absolute Gasteiger partial charge is 0.453 e. The Bertz CT molecular complexity index is 1120. The van der Waals surface area contributed by atoms with Crippen LogP contribution in [0.5, 0.6) is 0 Å². The van der Waals surface area contributed by atoms with E-state index < -0.39 is 23.4 Å². The number of nitrogens with zero attached hydrogens (tertiary/aromatic N) is 1. The van der Waals surface area contributed by atoms with Crippen molar-refractivity contribution in [1.82, 2.24) is 0 Å². The van der Waals surface area contributed by atoms with Crippen molar-refractivity contribution in [3.63, 3.8) is 0 Å². The summed E-state index contributed by atoms with van der Waals surface area (Å²) in [7, 11) is 0. The van der Waals surface area contributed by atoms with Crippen molar-refractivity contribution < 1.29 is 28.5 Å². The molecule has 1 amide bonds. The molecule has 1 N–H and O–H groups in total. The van der Waals surface area contributed by atoms with Crippen molar-refractivity contribution in [2.24, 2.45) is 0 Å². The van der Waals surface area contributed by atoms with Gasteiger partial charge in [-0.05, 0) is 36.8 Å². The third kappa shape index (κ3) is 4.76. The number of aldehydes is 1. The van der Waals surface area contributed by atoms with Gasteiger partial charge in [0.25, 0.3) is 11.6 Å². The van der Waals surface area contributed by atoms with Gasteiger partial charge >= 0.3 is 5.97 Å². The highest BCUT2D eigenvalue weighted by Crippen LogP contribution is 2.23. The van der Waals surface area contributed by atoms with Crippen molar-refractivity contribution in [2.75, 3.05) is 11.9 Å². The molecular weight excluding hydrogens is 392 g/mol. The highest BCUT2D eigenvalue weighted by atomic mass is 16.6. The van der Waals surface area contributed by atoms with Crippen LogP contribution in [0.1, 0.15) is 26.5 Å². The van der Waals surface area contributed by atoms with Crippen molar-refractivity contribution in [3.8, 4) is 11.3 Å². The van der Waals surface area contributed by atoms with Gasteiger partial charge in [0.15, 0.2) is 18.7 Å². The lowest BCUT2D eigenvalue weighted by molar-refractivity contribution is -0.384. The fourth-order valence-corrected chi connectivity index (χ4v) is 2.60. The molecule has 0 radical (unpaired) electrons. The smallest absolute Gasteiger partial charge is 0.338 e. The molecule has 9 nitrogen and oxygen atoms in total. The predicted octanol–water partition coefficient (Wildman–Crippen LogP) is 3.77. The fourth-order valence-electron chi connectivity index (χ4n) is 2.60. The number of amides is 1. The molecule has 1 heterocycles. The number of aryl methyl sites for hydroxylation is 1. The number of esters is 1. The first-order chi connectivity index (χ1) is 14.4. The second-order valence-electron chi connectivity index (χ2n) is 6.28. The Hall–Kier alpha value is -4.27. The van der Waals surface area contributed by atoms with Crippen LogP contribution in [0, 0.1) is 17.0 Å². The number of nitrogens with one attached hydrogen (secondary N) is 1. The van der Waals surface area contributed by atoms with Gasteiger partial charge in [-0.25, -0.2) is 4.79 Å². The zero-order valence-electron chi connectivity index (χ0n) is 15.8. The van der Waals surface area contributed by atoms with E-state index in [0.717, 1.165) is 0 Å². The Morgan fingerprint density at radius 3 is 2.50 bits per heavy atom. The van der Waals surface area contributed by atoms with E-state index in [9.17, 15) is 24.5 Å². The second-order valence-corrected chi connectivity index (χ2v) is 6.28. The molecule has 0 unspecified atom stereocenters. The SMILES string of the molecule is Cc1ccc([N+](=O)[O-])cc1NC(=O)COC(=O)c1ccc(-c2ccc(C=O)o2)cc1. The predicted molar refractivity (Wildman–Crippen MR) is 106 cm³/mol. The summed E-state index contributed by atoms with van der Waals surface area (Å²) in [6.07, 6.45) is 0.593. The number of nitro groups is 1. The lowest BCUT2D eigenvalue weighted by atomic mass is 10.1. The minimum atomic E-state index is -0.708. The molecule has 0 bridgehead atoms. The maximum absolute atomic E-state index is 12.1. The molecule has 0 spiro atoms. The van der Waals surface area contributed by atoms with Crippen LogP contribution in [0.25, 0.3) is 11.3 Å². The van der Waals surface area contributed by atoms with Gasteiger partial charge in [-0.1, -0.05) is 18.2 Å². The number of ether oxygens (including phenoxy) is 1. The van der Waals surface area contributed by atoms with E-state index in [1.54, 1.807) is 25.1 Å². The summed E-state index contributed by atoms with van der Waals surface area (Å²) in [5.74, 6) is -0.664. The van der Waals surface area contributed by atoms with Crippen LogP contribution in [0.4, 0.5) is 11.4 Å². The maximum Gasteiger partial charge on any atom is 0.338 e. The molecule has 30 heavy (non-hydrogen) atoms. The van der Waals surface area contributed by atoms with Gasteiger partial charge in [0.1, 0.15) is 5.76 Å². The Kier molecular flexibility index (Phi) is 6.02. The molecule has 0 atom stereocenters. The molecule has 0 fully saturated rings. The highest BCUT2D eigenvalue weighted by Gasteiger charge is 2.14. The summed E-state index contributed by atoms with van der Waals surface area (Å²) < 4.78 is 10.3. The average Bonchev–Trinajstić information content (AvgIpc) is 3.23. The number of hydrogen-bond donors (Lipinski definition) is 1. The lowest BCUT2D eigenvalue weighted by Crippen LogP contribution is -2.21. The summed E-state index contributed by atoms with van der Waals surface area (Å²) in [5.41, 5.74) is 1.62. The number of furan rings is 1. The van der Waals surface area contributed by atoms with E-state index >= 15 is 0 Å². The van der Waals surface area contributed by atoms with Gasteiger partial charge in [-0.3, -0.25) is 19.7 Å². The Morgan fingerprint density at radius 2 is 1.87 bits per heavy atom. The van der Waals surface area contributed by atoms with Crippen LogP contribution in [0.15, 0.2) is 59.0 Å². The number of rotatable bonds is 7. The molecular formula is C21H16N2O7. The van der Waals surface area contributed by atoms with Crippen LogP contribution >= 0.6 is 0 Å². The molecule has 0 aliphatic carbocycles. The van der Waals surface area contributed by atoms with E-state index in [1.165, 1.54) is 36.4 Å². The minimum absolute atomic E-state index is 0.162. The summed E-state index contributed by atoms with van der Waals surface area (Å²) in [6, 6.07) is 13.5. The summed E-state index contributed by atoms with van der Waals surface area (Å²) in [4.78, 5) is 45.2. The summed E-state index contributed by atoms with van der Waals surface area (Å²) >= 11 is 0. The molecule has 3 rings (SSSR count). The van der Waals surface area contributed by atoms with E-state index in [0.29, 0.717) is 23.2 Å². The molecule has 0 aliphatic rings. The Labute approximate surface area is 170 Å². The van der Waals surface area contributed by atoms with Crippen LogP contribution < -0.4 is 5.32 Å². The quantitative estimate of drug-likeness (QED) is 0.273. The Morgan fingerprint density at radius 1 is 1.13 bits per heavy atom. The number of anilines is 1. The van der Waals surface area contributed by atoms with Crippen LogP contribution in [0.2, 0.25) is 0 Å². The highest BCUT2D eigenvalue weighted by molar-refractivity contribution is 5.96. The van der Waals surface area contributed by atoms with Crippen LogP contribution in [-0.2, 0) is 9.53 Å². The van der Waals surface area contributed by atoms with Gasteiger partial charge in [0.05, 0.1) is 16.2 Å². The van der Waals surface area contributed by atoms with Crippen molar-refractivity contribution in [2.45, 2.75) is 6.92 Å². The van der Waals surface area contributed by atoms with E-state index in [-0.39, 0.29) is 22.7 Å². The molecule has 0 saturated heterocycles. The van der Waals surface area contributed by atoms with Crippen LogP contribution in [-0.4, -0.2) is 29.7 Å². The standard InChI is InChI=1S/C21H16N2O7/c1-13-2-7-16(23(27)28)10-18(13)22-20(25)12-29-21(26)15-5-3-14(4-6-15)19-9-8-17(11-24)30-19/h2-11H,12H2,1H3,(H,22,25). The number of carbonyl (C=O) groups is 3. The monoisotopic (exact) mass is 408 g/mol. The molecule has 9 heteroatoms. The molecule has 152 valence electrons. The normalized spacial score (nSPS) is 10.3. The van der Waals surface area contributed by atoms with Gasteiger partial charge in [-0.15, -0.1) is 0 Å². The van der Waals surface area contributed by atoms with Gasteiger partial charge in [-0.2, -0.15) is 0 Å². The first kappa shape index (κ1) is 20.5. The van der Waals surface area contributed by atoms with E-state index in [2.05, 4.69) is 5.32 Å². The first-order valence-electron chi connectivity index (χ1n) is 8.75. The minimum Gasteiger partial charge on any atom is -0.453 e. The Balaban J connectivity index is 1.58. The van der Waals surface area contributed by atoms with Gasteiger partial charge in [0.2, 0.25) is 0 Å². The number of hydrogen-bond acceptors (Lipinski definition) is 7. The zero-order chi connectivity index (χ0) is 21.7. The number of nitro benzene ring substituents is 1. The number of benzene rings is 2.